The molecule has 0 saturated carbocycles. The smallest absolute Gasteiger partial charge is 0.253 e. The van der Waals surface area contributed by atoms with Crippen LogP contribution in [0.15, 0.2) is 53.4 Å². The number of benzene rings is 2. The highest BCUT2D eigenvalue weighted by atomic mass is 32.2. The summed E-state index contributed by atoms with van der Waals surface area (Å²) in [6, 6.07) is 13.4. The van der Waals surface area contributed by atoms with Crippen LogP contribution < -0.4 is 10.1 Å². The number of amides is 1. The second-order valence-electron chi connectivity index (χ2n) is 5.47. The minimum Gasteiger partial charge on any atom is -0.494 e. The maximum Gasteiger partial charge on any atom is 0.253 e. The second kappa shape index (κ2) is 7.49. The van der Waals surface area contributed by atoms with E-state index in [4.69, 9.17) is 4.74 Å². The van der Waals surface area contributed by atoms with E-state index in [1.54, 1.807) is 12.1 Å². The van der Waals surface area contributed by atoms with Gasteiger partial charge in [-0.05, 0) is 43.7 Å². The lowest BCUT2D eigenvalue weighted by Gasteiger charge is -2.16. The van der Waals surface area contributed by atoms with Crippen molar-refractivity contribution < 1.29 is 17.9 Å². The lowest BCUT2D eigenvalue weighted by atomic mass is 10.1. The van der Waals surface area contributed by atoms with Gasteiger partial charge in [0.15, 0.2) is 9.84 Å². The van der Waals surface area contributed by atoms with E-state index in [9.17, 15) is 13.2 Å². The second-order valence-corrected chi connectivity index (χ2v) is 7.45. The van der Waals surface area contributed by atoms with Gasteiger partial charge in [-0.1, -0.05) is 24.3 Å². The quantitative estimate of drug-likeness (QED) is 0.872. The number of hydrogen-bond donors (Lipinski definition) is 1. The zero-order valence-electron chi connectivity index (χ0n) is 13.9. The van der Waals surface area contributed by atoms with E-state index in [-0.39, 0.29) is 16.5 Å². The number of ether oxygens (including phenoxy) is 1. The van der Waals surface area contributed by atoms with Gasteiger partial charge in [0, 0.05) is 6.26 Å². The first-order valence-electron chi connectivity index (χ1n) is 7.65. The summed E-state index contributed by atoms with van der Waals surface area (Å²) in [5.41, 5.74) is 1.06. The molecule has 0 unspecified atom stereocenters. The molecular formula is C18H21NO4S. The molecule has 0 aliphatic rings. The van der Waals surface area contributed by atoms with Crippen molar-refractivity contribution in [2.45, 2.75) is 24.8 Å². The van der Waals surface area contributed by atoms with Crippen LogP contribution in [0.5, 0.6) is 5.75 Å². The fourth-order valence-corrected chi connectivity index (χ4v) is 3.24. The monoisotopic (exact) mass is 347 g/mol. The zero-order chi connectivity index (χ0) is 17.7. The van der Waals surface area contributed by atoms with E-state index in [1.807, 2.05) is 38.1 Å². The molecule has 1 atom stereocenters. The van der Waals surface area contributed by atoms with Crippen molar-refractivity contribution in [3.05, 3.63) is 59.7 Å². The number of nitrogens with one attached hydrogen (secondary N) is 1. The predicted octanol–water partition coefficient (Wildman–Crippen LogP) is 2.98. The van der Waals surface area contributed by atoms with Crippen LogP contribution in [0.2, 0.25) is 0 Å². The fraction of sp³-hybridized carbons (Fsp3) is 0.278. The lowest BCUT2D eigenvalue weighted by Crippen LogP contribution is -2.28. The van der Waals surface area contributed by atoms with Crippen molar-refractivity contribution in [3.63, 3.8) is 0 Å². The van der Waals surface area contributed by atoms with E-state index < -0.39 is 15.7 Å². The third-order valence-electron chi connectivity index (χ3n) is 3.57. The maximum atomic E-state index is 12.5. The summed E-state index contributed by atoms with van der Waals surface area (Å²) in [5, 5.41) is 2.83. The average Bonchev–Trinajstić information content (AvgIpc) is 2.55. The highest BCUT2D eigenvalue weighted by Crippen LogP contribution is 2.20. The molecule has 0 bridgehead atoms. The molecule has 128 valence electrons. The van der Waals surface area contributed by atoms with Crippen LogP contribution in [0.3, 0.4) is 0 Å². The minimum absolute atomic E-state index is 0.0291. The summed E-state index contributed by atoms with van der Waals surface area (Å²) in [4.78, 5) is 12.5. The number of carbonyl (C=O) groups excluding carboxylic acids is 1. The van der Waals surface area contributed by atoms with Crippen molar-refractivity contribution in [1.29, 1.82) is 0 Å². The van der Waals surface area contributed by atoms with Gasteiger partial charge < -0.3 is 10.1 Å². The van der Waals surface area contributed by atoms with Crippen molar-refractivity contribution in [1.82, 2.24) is 5.32 Å². The standard InChI is InChI=1S/C18H21NO4S/c1-4-23-15-11-9-14(10-12-15)13(2)19-18(20)16-7-5-6-8-17(16)24(3,21)22/h5-13H,4H2,1-3H3,(H,19,20)/t13-/m1/s1. The van der Waals surface area contributed by atoms with Crippen LogP contribution in [0.25, 0.3) is 0 Å². The van der Waals surface area contributed by atoms with Crippen LogP contribution in [0.4, 0.5) is 0 Å². The summed E-state index contributed by atoms with van der Waals surface area (Å²) in [6.45, 7) is 4.35. The molecule has 0 saturated heterocycles. The van der Waals surface area contributed by atoms with Crippen molar-refractivity contribution >= 4 is 15.7 Å². The first kappa shape index (κ1) is 18.0. The van der Waals surface area contributed by atoms with Gasteiger partial charge in [0.05, 0.1) is 23.1 Å². The van der Waals surface area contributed by atoms with E-state index in [2.05, 4.69) is 5.32 Å². The third-order valence-corrected chi connectivity index (χ3v) is 4.72. The molecule has 0 spiro atoms. The Balaban J connectivity index is 2.18. The SMILES string of the molecule is CCOc1ccc([C@@H](C)NC(=O)c2ccccc2S(C)(=O)=O)cc1. The molecule has 24 heavy (non-hydrogen) atoms. The largest absolute Gasteiger partial charge is 0.494 e. The Morgan fingerprint density at radius 2 is 1.75 bits per heavy atom. The summed E-state index contributed by atoms with van der Waals surface area (Å²) in [6.07, 6.45) is 1.09. The molecule has 1 amide bonds. The van der Waals surface area contributed by atoms with Gasteiger partial charge in [-0.25, -0.2) is 8.42 Å². The Kier molecular flexibility index (Phi) is 5.62. The molecule has 0 aliphatic heterocycles. The fourth-order valence-electron chi connectivity index (χ4n) is 2.35. The molecule has 0 fully saturated rings. The maximum absolute atomic E-state index is 12.5. The number of hydrogen-bond acceptors (Lipinski definition) is 4. The van der Waals surface area contributed by atoms with Gasteiger partial charge in [-0.15, -0.1) is 0 Å². The summed E-state index contributed by atoms with van der Waals surface area (Å²) in [7, 11) is -3.47. The molecule has 0 aromatic heterocycles. The minimum atomic E-state index is -3.47. The molecular weight excluding hydrogens is 326 g/mol. The Labute approximate surface area is 142 Å². The Bertz CT molecular complexity index is 813. The van der Waals surface area contributed by atoms with Gasteiger partial charge in [0.1, 0.15) is 5.75 Å². The van der Waals surface area contributed by atoms with Crippen molar-refractivity contribution in [3.8, 4) is 5.75 Å². The van der Waals surface area contributed by atoms with Crippen LogP contribution in [0.1, 0.15) is 35.8 Å². The molecule has 2 aromatic carbocycles. The van der Waals surface area contributed by atoms with Gasteiger partial charge in [-0.3, -0.25) is 4.79 Å². The van der Waals surface area contributed by atoms with Gasteiger partial charge in [-0.2, -0.15) is 0 Å². The Morgan fingerprint density at radius 1 is 1.12 bits per heavy atom. The summed E-state index contributed by atoms with van der Waals surface area (Å²) < 4.78 is 29.0. The molecule has 2 aromatic rings. The first-order chi connectivity index (χ1) is 11.3. The first-order valence-corrected chi connectivity index (χ1v) is 9.54. The van der Waals surface area contributed by atoms with E-state index in [1.165, 1.54) is 12.1 Å². The van der Waals surface area contributed by atoms with E-state index in [0.717, 1.165) is 17.6 Å². The summed E-state index contributed by atoms with van der Waals surface area (Å²) in [5.74, 6) is 0.347. The number of carbonyl (C=O) groups is 1. The Hall–Kier alpha value is -2.34. The normalized spacial score (nSPS) is 12.5. The molecule has 2 rings (SSSR count). The molecule has 1 N–H and O–H groups in total. The topological polar surface area (TPSA) is 72.5 Å². The molecule has 5 nitrogen and oxygen atoms in total. The Morgan fingerprint density at radius 3 is 2.33 bits per heavy atom. The summed E-state index contributed by atoms with van der Waals surface area (Å²) >= 11 is 0. The lowest BCUT2D eigenvalue weighted by molar-refractivity contribution is 0.0936. The van der Waals surface area contributed by atoms with Crippen LogP contribution >= 0.6 is 0 Å². The van der Waals surface area contributed by atoms with Gasteiger partial charge >= 0.3 is 0 Å². The van der Waals surface area contributed by atoms with Gasteiger partial charge in [0.25, 0.3) is 5.91 Å². The molecule has 0 radical (unpaired) electrons. The molecule has 0 aliphatic carbocycles. The number of rotatable bonds is 6. The van der Waals surface area contributed by atoms with E-state index in [0.29, 0.717) is 6.61 Å². The van der Waals surface area contributed by atoms with Crippen LogP contribution in [0, 0.1) is 0 Å². The van der Waals surface area contributed by atoms with Crippen molar-refractivity contribution in [2.75, 3.05) is 12.9 Å². The highest BCUT2D eigenvalue weighted by molar-refractivity contribution is 7.90. The van der Waals surface area contributed by atoms with Gasteiger partial charge in [0.2, 0.25) is 0 Å². The van der Waals surface area contributed by atoms with Crippen LogP contribution in [-0.2, 0) is 9.84 Å². The average molecular weight is 347 g/mol. The predicted molar refractivity (Wildman–Crippen MR) is 93.0 cm³/mol. The zero-order valence-corrected chi connectivity index (χ0v) is 14.8. The molecule has 0 heterocycles. The third kappa shape index (κ3) is 4.35. The van der Waals surface area contributed by atoms with Crippen molar-refractivity contribution in [2.24, 2.45) is 0 Å². The highest BCUT2D eigenvalue weighted by Gasteiger charge is 2.19. The number of sulfone groups is 1. The van der Waals surface area contributed by atoms with E-state index >= 15 is 0 Å². The molecule has 6 heteroatoms. The van der Waals surface area contributed by atoms with Crippen LogP contribution in [-0.4, -0.2) is 27.2 Å².